The number of carbonyl (C=O) groups is 1. The van der Waals surface area contributed by atoms with E-state index in [0.29, 0.717) is 45.7 Å². The van der Waals surface area contributed by atoms with E-state index in [1.807, 2.05) is 18.2 Å². The normalized spacial score (nSPS) is 15.9. The molecule has 37 heavy (non-hydrogen) atoms. The number of hydrogen-bond donors (Lipinski definition) is 4. The van der Waals surface area contributed by atoms with Crippen LogP contribution in [0.25, 0.3) is 5.57 Å². The van der Waals surface area contributed by atoms with Crippen molar-refractivity contribution in [1.82, 2.24) is 0 Å². The van der Waals surface area contributed by atoms with Crippen LogP contribution in [-0.4, -0.2) is 18.2 Å². The van der Waals surface area contributed by atoms with E-state index in [0.717, 1.165) is 23.1 Å². The van der Waals surface area contributed by atoms with Gasteiger partial charge in [-0.2, -0.15) is 0 Å². The van der Waals surface area contributed by atoms with Gasteiger partial charge in [-0.15, -0.1) is 0 Å². The molecule has 3 aromatic rings. The van der Waals surface area contributed by atoms with E-state index < -0.39 is 5.92 Å². The van der Waals surface area contributed by atoms with Crippen LogP contribution in [0.5, 0.6) is 0 Å². The maximum absolute atomic E-state index is 13.3. The number of hydrogen-bond acceptors (Lipinski definition) is 4. The Bertz CT molecular complexity index is 1380. The van der Waals surface area contributed by atoms with Crippen molar-refractivity contribution >= 4 is 51.8 Å². The van der Waals surface area contributed by atoms with E-state index in [9.17, 15) is 4.79 Å². The molecule has 2 atom stereocenters. The van der Waals surface area contributed by atoms with Gasteiger partial charge in [-0.05, 0) is 84.0 Å². The molecule has 0 saturated carbocycles. The predicted molar refractivity (Wildman–Crippen MR) is 155 cm³/mol. The van der Waals surface area contributed by atoms with Crippen LogP contribution in [0.1, 0.15) is 42.4 Å². The van der Waals surface area contributed by atoms with Gasteiger partial charge < -0.3 is 16.8 Å². The van der Waals surface area contributed by atoms with Gasteiger partial charge in [-0.3, -0.25) is 10.2 Å². The van der Waals surface area contributed by atoms with Crippen LogP contribution < -0.4 is 16.8 Å². The van der Waals surface area contributed by atoms with Crippen LogP contribution in [0.15, 0.2) is 84.5 Å². The third-order valence-corrected chi connectivity index (χ3v) is 7.22. The van der Waals surface area contributed by atoms with Gasteiger partial charge in [0.1, 0.15) is 0 Å². The fraction of sp³-hybridized carbons (Fsp3) is 0.200. The lowest BCUT2D eigenvalue weighted by molar-refractivity contribution is -0.117. The Morgan fingerprint density at radius 1 is 1.08 bits per heavy atom. The molecule has 2 unspecified atom stereocenters. The summed E-state index contributed by atoms with van der Waals surface area (Å²) in [5.41, 5.74) is 17.9. The zero-order chi connectivity index (χ0) is 26.5. The molecule has 5 nitrogen and oxygen atoms in total. The highest BCUT2D eigenvalue weighted by molar-refractivity contribution is 6.42. The molecule has 4 rings (SSSR count). The summed E-state index contributed by atoms with van der Waals surface area (Å²) in [6, 6.07) is 20.6. The minimum absolute atomic E-state index is 0.220. The quantitative estimate of drug-likeness (QED) is 0.184. The number of anilines is 2. The molecule has 7 heteroatoms. The number of allylic oxidation sites excluding steroid dienone is 4. The highest BCUT2D eigenvalue weighted by atomic mass is 35.5. The van der Waals surface area contributed by atoms with Gasteiger partial charge in [0, 0.05) is 16.9 Å². The third-order valence-electron chi connectivity index (χ3n) is 6.48. The van der Waals surface area contributed by atoms with Crippen molar-refractivity contribution in [2.24, 2.45) is 11.7 Å². The van der Waals surface area contributed by atoms with Crippen molar-refractivity contribution < 1.29 is 4.79 Å². The maximum atomic E-state index is 13.3. The summed E-state index contributed by atoms with van der Waals surface area (Å²) in [5, 5.41) is 12.7. The van der Waals surface area contributed by atoms with Crippen LogP contribution in [-0.2, 0) is 4.79 Å². The second-order valence-electron chi connectivity index (χ2n) is 9.31. The molecule has 1 amide bonds. The van der Waals surface area contributed by atoms with Gasteiger partial charge in [0.05, 0.1) is 21.7 Å². The zero-order valence-electron chi connectivity index (χ0n) is 20.6. The predicted octanol–water partition coefficient (Wildman–Crippen LogP) is 7.06. The summed E-state index contributed by atoms with van der Waals surface area (Å²) in [4.78, 5) is 13.3. The number of amides is 1. The molecule has 1 aliphatic rings. The van der Waals surface area contributed by atoms with E-state index in [4.69, 9.17) is 40.1 Å². The van der Waals surface area contributed by atoms with Crippen LogP contribution in [0.3, 0.4) is 0 Å². The molecule has 190 valence electrons. The molecular weight excluding hydrogens is 503 g/mol. The first-order valence-electron chi connectivity index (χ1n) is 12.2. The van der Waals surface area contributed by atoms with Crippen LogP contribution >= 0.6 is 23.2 Å². The monoisotopic (exact) mass is 532 g/mol. The first-order chi connectivity index (χ1) is 17.8. The second-order valence-corrected chi connectivity index (χ2v) is 10.1. The minimum atomic E-state index is -0.501. The molecule has 1 aliphatic carbocycles. The number of nitrogens with one attached hydrogen (secondary N) is 2. The van der Waals surface area contributed by atoms with Gasteiger partial charge in [0.15, 0.2) is 0 Å². The van der Waals surface area contributed by atoms with Gasteiger partial charge in [-0.1, -0.05) is 72.6 Å². The molecule has 0 spiro atoms. The lowest BCUT2D eigenvalue weighted by Crippen LogP contribution is -2.24. The van der Waals surface area contributed by atoms with E-state index >= 15 is 0 Å². The van der Waals surface area contributed by atoms with E-state index in [1.54, 1.807) is 36.4 Å². The van der Waals surface area contributed by atoms with Gasteiger partial charge in [0.25, 0.3) is 0 Å². The third kappa shape index (κ3) is 6.31. The Hall–Kier alpha value is -3.38. The standard InChI is InChI=1S/C30H30Cl2N4O/c1-18-13-21(19-5-3-2-4-6-19)15-22(14-18)29(35)25-17-23(8-10-28(25)34)36-30(37)24(11-12-33)20-7-9-26(31)27(32)16-20/h2-10,14-18,24,35H,11-13,33-34H2,1H3,(H,36,37). The fourth-order valence-corrected chi connectivity index (χ4v) is 4.90. The van der Waals surface area contributed by atoms with Crippen LogP contribution in [0.2, 0.25) is 10.0 Å². The summed E-state index contributed by atoms with van der Waals surface area (Å²) in [6.07, 6.45) is 5.51. The van der Waals surface area contributed by atoms with Crippen LogP contribution in [0, 0.1) is 11.3 Å². The number of halogens is 2. The molecule has 0 aromatic heterocycles. The summed E-state index contributed by atoms with van der Waals surface area (Å²) < 4.78 is 0. The van der Waals surface area contributed by atoms with Crippen molar-refractivity contribution in [3.63, 3.8) is 0 Å². The van der Waals surface area contributed by atoms with Crippen molar-refractivity contribution in [1.29, 1.82) is 5.41 Å². The van der Waals surface area contributed by atoms with Gasteiger partial charge in [-0.25, -0.2) is 0 Å². The lowest BCUT2D eigenvalue weighted by atomic mass is 9.85. The number of nitrogen functional groups attached to an aromatic ring is 1. The topological polar surface area (TPSA) is 105 Å². The largest absolute Gasteiger partial charge is 0.398 e. The van der Waals surface area contributed by atoms with Crippen LogP contribution in [0.4, 0.5) is 11.4 Å². The van der Waals surface area contributed by atoms with Crippen molar-refractivity contribution in [3.8, 4) is 0 Å². The Morgan fingerprint density at radius 3 is 2.54 bits per heavy atom. The summed E-state index contributed by atoms with van der Waals surface area (Å²) in [6.45, 7) is 2.47. The van der Waals surface area contributed by atoms with Crippen molar-refractivity contribution in [3.05, 3.63) is 111 Å². The average molecular weight is 534 g/mol. The Labute approximate surface area is 227 Å². The molecule has 0 bridgehead atoms. The first kappa shape index (κ1) is 26.7. The SMILES string of the molecule is CC1C=C(C(=N)c2cc(NC(=O)C(CCN)c3ccc(Cl)c(Cl)c3)ccc2N)C=C(c2ccccc2)C1. The first-order valence-corrected chi connectivity index (χ1v) is 12.9. The highest BCUT2D eigenvalue weighted by Gasteiger charge is 2.22. The molecule has 6 N–H and O–H groups in total. The maximum Gasteiger partial charge on any atom is 0.231 e. The number of rotatable bonds is 8. The number of carbonyl (C=O) groups excluding carboxylic acids is 1. The number of benzene rings is 3. The summed E-state index contributed by atoms with van der Waals surface area (Å²) in [7, 11) is 0. The molecule has 0 fully saturated rings. The molecule has 0 radical (unpaired) electrons. The highest BCUT2D eigenvalue weighted by Crippen LogP contribution is 2.33. The zero-order valence-corrected chi connectivity index (χ0v) is 22.1. The summed E-state index contributed by atoms with van der Waals surface area (Å²) in [5.74, 6) is -0.441. The Balaban J connectivity index is 1.59. The fourth-order valence-electron chi connectivity index (χ4n) is 4.60. The molecular formula is C30H30Cl2N4O. The number of nitrogens with two attached hydrogens (primary N) is 2. The smallest absolute Gasteiger partial charge is 0.231 e. The molecule has 0 heterocycles. The van der Waals surface area contributed by atoms with Gasteiger partial charge >= 0.3 is 0 Å². The van der Waals surface area contributed by atoms with Gasteiger partial charge in [0.2, 0.25) is 5.91 Å². The van der Waals surface area contributed by atoms with Crippen molar-refractivity contribution in [2.45, 2.75) is 25.7 Å². The Morgan fingerprint density at radius 2 is 1.84 bits per heavy atom. The van der Waals surface area contributed by atoms with Crippen molar-refractivity contribution in [2.75, 3.05) is 17.6 Å². The van der Waals surface area contributed by atoms with E-state index in [2.05, 4.69) is 36.5 Å². The van der Waals surface area contributed by atoms with E-state index in [1.165, 1.54) is 5.57 Å². The molecule has 0 saturated heterocycles. The second kappa shape index (κ2) is 11.8. The van der Waals surface area contributed by atoms with E-state index in [-0.39, 0.29) is 11.8 Å². The molecule has 3 aromatic carbocycles. The minimum Gasteiger partial charge on any atom is -0.398 e. The molecule has 0 aliphatic heterocycles. The average Bonchev–Trinajstić information content (AvgIpc) is 2.89. The summed E-state index contributed by atoms with van der Waals surface area (Å²) >= 11 is 12.2. The Kier molecular flexibility index (Phi) is 8.49. The lowest BCUT2D eigenvalue weighted by Gasteiger charge is -2.21.